The van der Waals surface area contributed by atoms with E-state index in [0.717, 1.165) is 24.2 Å². The molecule has 0 bridgehead atoms. The van der Waals surface area contributed by atoms with Crippen LogP contribution in [0.5, 0.6) is 0 Å². The number of β-amino-alcohol motifs (C(OH)–C–C–N with tert-alkyl or cyclic N) is 2. The van der Waals surface area contributed by atoms with Crippen molar-refractivity contribution in [1.82, 2.24) is 9.80 Å². The molecule has 6 nitrogen and oxygen atoms in total. The van der Waals surface area contributed by atoms with Gasteiger partial charge in [0.15, 0.2) is 0 Å². The van der Waals surface area contributed by atoms with E-state index in [2.05, 4.69) is 0 Å². The van der Waals surface area contributed by atoms with Gasteiger partial charge in [0.25, 0.3) is 5.91 Å². The van der Waals surface area contributed by atoms with Crippen molar-refractivity contribution < 1.29 is 19.8 Å². The van der Waals surface area contributed by atoms with E-state index in [0.29, 0.717) is 12.8 Å². The zero-order chi connectivity index (χ0) is 13.2. The minimum atomic E-state index is -0.757. The van der Waals surface area contributed by atoms with Crippen LogP contribution in [-0.2, 0) is 4.79 Å². The number of imide groups is 1. The second-order valence-corrected chi connectivity index (χ2v) is 4.93. The van der Waals surface area contributed by atoms with Gasteiger partial charge in [-0.3, -0.25) is 9.69 Å². The number of aliphatic hydroxyl groups excluding tert-OH is 2. The fraction of sp³-hybridized carbons (Fsp3) is 0.833. The third-order valence-electron chi connectivity index (χ3n) is 3.95. The highest BCUT2D eigenvalue weighted by atomic mass is 16.3. The van der Waals surface area contributed by atoms with Gasteiger partial charge in [-0.15, -0.1) is 0 Å². The van der Waals surface area contributed by atoms with E-state index in [4.69, 9.17) is 10.2 Å². The first kappa shape index (κ1) is 13.3. The zero-order valence-corrected chi connectivity index (χ0v) is 10.5. The number of hydrogen-bond donors (Lipinski definition) is 2. The summed E-state index contributed by atoms with van der Waals surface area (Å²) in [6.45, 7) is -0.137. The highest BCUT2D eigenvalue weighted by molar-refractivity contribution is 6.07. The molecule has 2 aliphatic rings. The summed E-state index contributed by atoms with van der Waals surface area (Å²) < 4.78 is 0. The van der Waals surface area contributed by atoms with Crippen LogP contribution in [0.3, 0.4) is 0 Å². The number of hydrogen-bond acceptors (Lipinski definition) is 4. The van der Waals surface area contributed by atoms with Gasteiger partial charge in [0, 0.05) is 6.54 Å². The third kappa shape index (κ3) is 1.89. The van der Waals surface area contributed by atoms with Crippen molar-refractivity contribution in [3.8, 4) is 0 Å². The average molecular weight is 256 g/mol. The summed E-state index contributed by atoms with van der Waals surface area (Å²) >= 11 is 0. The van der Waals surface area contributed by atoms with Crippen LogP contribution in [0, 0.1) is 0 Å². The maximum atomic E-state index is 12.4. The average Bonchev–Trinajstić information content (AvgIpc) is 2.57. The quantitative estimate of drug-likeness (QED) is 0.690. The monoisotopic (exact) mass is 256 g/mol. The minimum absolute atomic E-state index is 0.0430. The Morgan fingerprint density at radius 2 is 1.61 bits per heavy atom. The smallest absolute Gasteiger partial charge is 0.327 e. The fourth-order valence-corrected chi connectivity index (χ4v) is 3.11. The number of urea groups is 1. The fourth-order valence-electron chi connectivity index (χ4n) is 3.11. The molecule has 2 fully saturated rings. The highest BCUT2D eigenvalue weighted by Gasteiger charge is 2.56. The Balaban J connectivity index is 2.29. The molecule has 1 saturated carbocycles. The maximum Gasteiger partial charge on any atom is 0.327 e. The summed E-state index contributed by atoms with van der Waals surface area (Å²) in [5, 5.41) is 18.0. The van der Waals surface area contributed by atoms with Gasteiger partial charge >= 0.3 is 6.03 Å². The summed E-state index contributed by atoms with van der Waals surface area (Å²) in [5.74, 6) is -0.199. The Labute approximate surface area is 106 Å². The molecule has 2 N–H and O–H groups in total. The van der Waals surface area contributed by atoms with Crippen LogP contribution in [-0.4, -0.2) is 63.8 Å². The second kappa shape index (κ2) is 5.24. The molecule has 18 heavy (non-hydrogen) atoms. The van der Waals surface area contributed by atoms with Crippen molar-refractivity contribution in [2.75, 3.05) is 26.3 Å². The van der Waals surface area contributed by atoms with Gasteiger partial charge in [0.05, 0.1) is 19.8 Å². The molecule has 0 radical (unpaired) electrons. The standard InChI is InChI=1S/C12H20N2O4/c15-8-6-13-10(17)12(4-2-1-3-5-12)14(7-9-16)11(13)18/h15-16H,1-9H2. The molecule has 0 aromatic rings. The molecule has 6 heteroatoms. The Morgan fingerprint density at radius 3 is 2.17 bits per heavy atom. The van der Waals surface area contributed by atoms with Crippen molar-refractivity contribution >= 4 is 11.9 Å². The van der Waals surface area contributed by atoms with Crippen molar-refractivity contribution in [2.45, 2.75) is 37.6 Å². The van der Waals surface area contributed by atoms with Gasteiger partial charge in [-0.2, -0.15) is 0 Å². The molecule has 102 valence electrons. The largest absolute Gasteiger partial charge is 0.395 e. The van der Waals surface area contributed by atoms with Crippen LogP contribution >= 0.6 is 0 Å². The summed E-state index contributed by atoms with van der Waals surface area (Å²) in [6, 6.07) is -0.370. The lowest BCUT2D eigenvalue weighted by atomic mass is 9.80. The number of carbonyl (C=O) groups is 2. The summed E-state index contributed by atoms with van der Waals surface area (Å²) in [5.41, 5.74) is -0.757. The number of aliphatic hydroxyl groups is 2. The molecule has 0 aromatic carbocycles. The number of rotatable bonds is 4. The molecule has 1 aliphatic carbocycles. The Bertz CT molecular complexity index is 339. The predicted molar refractivity (Wildman–Crippen MR) is 63.8 cm³/mol. The van der Waals surface area contributed by atoms with E-state index in [1.165, 1.54) is 4.90 Å². The number of nitrogens with zero attached hydrogens (tertiary/aromatic N) is 2. The van der Waals surface area contributed by atoms with Crippen LogP contribution in [0.2, 0.25) is 0 Å². The lowest BCUT2D eigenvalue weighted by Crippen LogP contribution is -2.51. The van der Waals surface area contributed by atoms with Crippen molar-refractivity contribution in [3.05, 3.63) is 0 Å². The molecule has 0 unspecified atom stereocenters. The van der Waals surface area contributed by atoms with Crippen molar-refractivity contribution in [2.24, 2.45) is 0 Å². The van der Waals surface area contributed by atoms with Gasteiger partial charge in [-0.25, -0.2) is 4.79 Å². The van der Waals surface area contributed by atoms with Gasteiger partial charge in [-0.05, 0) is 12.8 Å². The van der Waals surface area contributed by atoms with Crippen LogP contribution in [0.15, 0.2) is 0 Å². The minimum Gasteiger partial charge on any atom is -0.395 e. The summed E-state index contributed by atoms with van der Waals surface area (Å²) in [6.07, 6.45) is 4.26. The lowest BCUT2D eigenvalue weighted by molar-refractivity contribution is -0.135. The summed E-state index contributed by atoms with van der Waals surface area (Å²) in [7, 11) is 0. The lowest BCUT2D eigenvalue weighted by Gasteiger charge is -2.37. The topological polar surface area (TPSA) is 81.1 Å². The van der Waals surface area contributed by atoms with Crippen LogP contribution in [0.1, 0.15) is 32.1 Å². The van der Waals surface area contributed by atoms with E-state index < -0.39 is 5.54 Å². The van der Waals surface area contributed by atoms with Crippen LogP contribution in [0.25, 0.3) is 0 Å². The van der Waals surface area contributed by atoms with Crippen molar-refractivity contribution in [1.29, 1.82) is 0 Å². The van der Waals surface area contributed by atoms with Gasteiger partial charge < -0.3 is 15.1 Å². The van der Waals surface area contributed by atoms with Gasteiger partial charge in [-0.1, -0.05) is 19.3 Å². The first-order chi connectivity index (χ1) is 8.67. The maximum absolute atomic E-state index is 12.4. The van der Waals surface area contributed by atoms with E-state index in [1.54, 1.807) is 0 Å². The van der Waals surface area contributed by atoms with Crippen LogP contribution in [0.4, 0.5) is 4.79 Å². The zero-order valence-electron chi connectivity index (χ0n) is 10.5. The molecule has 3 amide bonds. The van der Waals surface area contributed by atoms with Crippen molar-refractivity contribution in [3.63, 3.8) is 0 Å². The van der Waals surface area contributed by atoms with E-state index in [9.17, 15) is 9.59 Å². The molecule has 1 saturated heterocycles. The normalized spacial score (nSPS) is 23.2. The molecule has 0 aromatic heterocycles. The van der Waals surface area contributed by atoms with E-state index >= 15 is 0 Å². The predicted octanol–water partition coefficient (Wildman–Crippen LogP) is -0.0619. The van der Waals surface area contributed by atoms with Gasteiger partial charge in [0.1, 0.15) is 5.54 Å². The first-order valence-electron chi connectivity index (χ1n) is 6.52. The molecule has 1 heterocycles. The Hall–Kier alpha value is -1.14. The SMILES string of the molecule is O=C1N(CCO)C(=O)C2(CCCCC2)N1CCO. The third-order valence-corrected chi connectivity index (χ3v) is 3.95. The van der Waals surface area contributed by atoms with Crippen LogP contribution < -0.4 is 0 Å². The van der Waals surface area contributed by atoms with Gasteiger partial charge in [0.2, 0.25) is 0 Å². The molecule has 0 atom stereocenters. The van der Waals surface area contributed by atoms with E-state index in [-0.39, 0.29) is 38.2 Å². The highest BCUT2D eigenvalue weighted by Crippen LogP contribution is 2.40. The first-order valence-corrected chi connectivity index (χ1v) is 6.52. The molecule has 1 aliphatic heterocycles. The Morgan fingerprint density at radius 1 is 1.00 bits per heavy atom. The number of amides is 3. The molecule has 2 rings (SSSR count). The van der Waals surface area contributed by atoms with E-state index in [1.807, 2.05) is 0 Å². The molecular weight excluding hydrogens is 236 g/mol. The Kier molecular flexibility index (Phi) is 3.87. The number of carbonyl (C=O) groups excluding carboxylic acids is 2. The summed E-state index contributed by atoms with van der Waals surface area (Å²) in [4.78, 5) is 27.2. The second-order valence-electron chi connectivity index (χ2n) is 4.93. The molecule has 1 spiro atoms. The molecular formula is C12H20N2O4.